The van der Waals surface area contributed by atoms with Crippen molar-refractivity contribution in [1.29, 1.82) is 0 Å². The van der Waals surface area contributed by atoms with Crippen LogP contribution in [0.1, 0.15) is 143 Å². The van der Waals surface area contributed by atoms with Crippen LogP contribution in [0, 0.1) is 5.92 Å². The molecule has 0 saturated heterocycles. The molecule has 3 aromatic rings. The first kappa shape index (κ1) is 57.0. The summed E-state index contributed by atoms with van der Waals surface area (Å²) < 4.78 is 31.9. The number of amides is 5. The number of nitrogens with one attached hydrogen (secondary N) is 4. The Morgan fingerprint density at radius 2 is 1.31 bits per heavy atom. The average molecular weight is 986 g/mol. The van der Waals surface area contributed by atoms with Gasteiger partial charge in [0.1, 0.15) is 23.2 Å². The molecule has 0 radical (unpaired) electrons. The molecule has 1 aliphatic carbocycles. The number of carbonyl (C=O) groups is 6. The summed E-state index contributed by atoms with van der Waals surface area (Å²) in [5.74, 6) is -5.91. The summed E-state index contributed by atoms with van der Waals surface area (Å²) in [4.78, 5) is 83.3. The van der Waals surface area contributed by atoms with Crippen LogP contribution in [0.5, 0.6) is 0 Å². The minimum Gasteiger partial charge on any atom is -0.460 e. The Morgan fingerprint density at radius 1 is 0.714 bits per heavy atom. The molecule has 382 valence electrons. The van der Waals surface area contributed by atoms with E-state index in [4.69, 9.17) is 19.5 Å². The number of allylic oxidation sites excluding steroid dienone is 1. The molecular formula is C54H76N5O10P. The lowest BCUT2D eigenvalue weighted by atomic mass is 9.77. The van der Waals surface area contributed by atoms with Crippen LogP contribution in [-0.2, 0) is 59.8 Å². The highest BCUT2D eigenvalue weighted by molar-refractivity contribution is 7.53. The van der Waals surface area contributed by atoms with E-state index in [1.165, 1.54) is 6.08 Å². The number of fused-ring (bicyclic) bond motifs is 1. The van der Waals surface area contributed by atoms with E-state index in [1.807, 2.05) is 42.5 Å². The first-order chi connectivity index (χ1) is 32.6. The Kier molecular flexibility index (Phi) is 19.9. The number of rotatable bonds is 23. The van der Waals surface area contributed by atoms with Crippen molar-refractivity contribution in [2.24, 2.45) is 11.7 Å². The highest BCUT2D eigenvalue weighted by Crippen LogP contribution is 2.57. The molecule has 1 fully saturated rings. The van der Waals surface area contributed by atoms with Crippen molar-refractivity contribution in [2.75, 3.05) is 0 Å². The third-order valence-corrected chi connectivity index (χ3v) is 14.0. The van der Waals surface area contributed by atoms with Crippen molar-refractivity contribution in [1.82, 2.24) is 21.3 Å². The Bertz CT molecular complexity index is 2370. The van der Waals surface area contributed by atoms with Crippen LogP contribution >= 0.6 is 7.60 Å². The average Bonchev–Trinajstić information content (AvgIpc) is 3.24. The van der Waals surface area contributed by atoms with E-state index in [0.29, 0.717) is 24.0 Å². The Labute approximate surface area is 414 Å². The predicted octanol–water partition coefficient (Wildman–Crippen LogP) is 8.73. The van der Waals surface area contributed by atoms with Crippen LogP contribution in [0.15, 0.2) is 92.0 Å². The summed E-state index contributed by atoms with van der Waals surface area (Å²) in [7, 11) is -3.66. The van der Waals surface area contributed by atoms with Gasteiger partial charge in [0, 0.05) is 6.54 Å². The van der Waals surface area contributed by atoms with Gasteiger partial charge >= 0.3 is 13.6 Å². The van der Waals surface area contributed by atoms with Gasteiger partial charge in [-0.2, -0.15) is 0 Å². The number of nitrogens with two attached hydrogens (primary N) is 1. The summed E-state index contributed by atoms with van der Waals surface area (Å²) in [5, 5.41) is 13.3. The summed E-state index contributed by atoms with van der Waals surface area (Å²) in [5.41, 5.74) is 3.89. The molecule has 16 heteroatoms. The molecule has 15 nitrogen and oxygen atoms in total. The lowest BCUT2D eigenvalue weighted by Gasteiger charge is -2.39. The van der Waals surface area contributed by atoms with Crippen molar-refractivity contribution in [3.05, 3.63) is 109 Å². The van der Waals surface area contributed by atoms with Crippen LogP contribution in [0.25, 0.3) is 10.8 Å². The number of hydrogen-bond donors (Lipinski definition) is 5. The van der Waals surface area contributed by atoms with E-state index in [-0.39, 0.29) is 44.8 Å². The molecule has 0 unspecified atom stereocenters. The van der Waals surface area contributed by atoms with Gasteiger partial charge in [-0.15, -0.1) is 13.2 Å². The Balaban J connectivity index is 1.63. The van der Waals surface area contributed by atoms with Crippen molar-refractivity contribution in [3.8, 4) is 0 Å². The third-order valence-electron chi connectivity index (χ3n) is 11.6. The van der Waals surface area contributed by atoms with Gasteiger partial charge in [-0.25, -0.2) is 0 Å². The first-order valence-electron chi connectivity index (χ1n) is 24.1. The second-order valence-electron chi connectivity index (χ2n) is 21.2. The summed E-state index contributed by atoms with van der Waals surface area (Å²) in [6.45, 7) is 23.9. The van der Waals surface area contributed by atoms with Gasteiger partial charge in [-0.05, 0) is 121 Å². The lowest BCUT2D eigenvalue weighted by Crippen LogP contribution is -2.64. The molecule has 0 bridgehead atoms. The summed E-state index contributed by atoms with van der Waals surface area (Å²) in [6, 6.07) is 18.1. The SMILES string of the molecule is C=CC[C@H](NC(=O)[C@H](CC(N)=O)NC(=O)C1(NC(=O)[C@@H](CC(=O)OC(C)(C)C)[C@H](CC=C)c2ccc(CP(=O)(OC(C)(C)C)OC(C)(C)C)cc2)CCCCC1)C(=O)NCc1cccc2ccccc12. The second-order valence-corrected chi connectivity index (χ2v) is 23.1. The maximum absolute atomic E-state index is 14.9. The molecule has 70 heavy (non-hydrogen) atoms. The van der Waals surface area contributed by atoms with Gasteiger partial charge in [0.25, 0.3) is 0 Å². The van der Waals surface area contributed by atoms with Crippen LogP contribution in [0.3, 0.4) is 0 Å². The fourth-order valence-electron chi connectivity index (χ4n) is 8.73. The Morgan fingerprint density at radius 3 is 1.89 bits per heavy atom. The fourth-order valence-corrected chi connectivity index (χ4v) is 11.2. The Hall–Kier alpha value is -5.63. The van der Waals surface area contributed by atoms with E-state index in [9.17, 15) is 33.3 Å². The van der Waals surface area contributed by atoms with Crippen molar-refractivity contribution in [3.63, 3.8) is 0 Å². The summed E-state index contributed by atoms with van der Waals surface area (Å²) in [6.07, 6.45) is 4.70. The highest BCUT2D eigenvalue weighted by Gasteiger charge is 2.45. The van der Waals surface area contributed by atoms with Gasteiger partial charge in [0.15, 0.2) is 0 Å². The highest BCUT2D eigenvalue weighted by atomic mass is 31.2. The van der Waals surface area contributed by atoms with Crippen LogP contribution < -0.4 is 27.0 Å². The monoisotopic (exact) mass is 986 g/mol. The first-order valence-corrected chi connectivity index (χ1v) is 25.9. The molecule has 6 N–H and O–H groups in total. The molecule has 1 saturated carbocycles. The third kappa shape index (κ3) is 17.6. The van der Waals surface area contributed by atoms with Crippen LogP contribution in [0.2, 0.25) is 0 Å². The number of esters is 1. The largest absolute Gasteiger partial charge is 0.460 e. The predicted molar refractivity (Wildman–Crippen MR) is 273 cm³/mol. The van der Waals surface area contributed by atoms with E-state index >= 15 is 0 Å². The normalized spacial score (nSPS) is 15.8. The smallest absolute Gasteiger partial charge is 0.336 e. The van der Waals surface area contributed by atoms with E-state index < -0.39 is 95.8 Å². The van der Waals surface area contributed by atoms with Crippen molar-refractivity contribution < 1.29 is 47.1 Å². The second kappa shape index (κ2) is 24.5. The molecule has 4 atom stereocenters. The number of ether oxygens (including phenoxy) is 1. The molecule has 0 aliphatic heterocycles. The molecule has 1 aliphatic rings. The lowest BCUT2D eigenvalue weighted by molar-refractivity contribution is -0.158. The number of carbonyl (C=O) groups excluding carboxylic acids is 6. The zero-order valence-corrected chi connectivity index (χ0v) is 43.5. The fraction of sp³-hybridized carbons (Fsp3) is 0.519. The van der Waals surface area contributed by atoms with Gasteiger partial charge in [0.2, 0.25) is 29.5 Å². The zero-order valence-electron chi connectivity index (χ0n) is 42.6. The van der Waals surface area contributed by atoms with Gasteiger partial charge < -0.3 is 40.8 Å². The zero-order chi connectivity index (χ0) is 52.1. The van der Waals surface area contributed by atoms with Crippen LogP contribution in [-0.4, -0.2) is 69.9 Å². The molecule has 0 spiro atoms. The quantitative estimate of drug-likeness (QED) is 0.0345. The van der Waals surface area contributed by atoms with Crippen molar-refractivity contribution in [2.45, 2.75) is 173 Å². The molecule has 0 heterocycles. The van der Waals surface area contributed by atoms with Crippen molar-refractivity contribution >= 4 is 53.9 Å². The molecule has 3 aromatic carbocycles. The number of hydrogen-bond acceptors (Lipinski definition) is 10. The molecule has 5 amide bonds. The van der Waals surface area contributed by atoms with E-state index in [0.717, 1.165) is 22.8 Å². The maximum atomic E-state index is 14.9. The minimum absolute atomic E-state index is 0.0177. The number of primary amides is 1. The molecular weight excluding hydrogens is 910 g/mol. The molecule has 0 aromatic heterocycles. The van der Waals surface area contributed by atoms with Gasteiger partial charge in [0.05, 0.1) is 36.1 Å². The van der Waals surface area contributed by atoms with Gasteiger partial charge in [-0.3, -0.25) is 33.3 Å². The van der Waals surface area contributed by atoms with Gasteiger partial charge in [-0.1, -0.05) is 98.1 Å². The summed E-state index contributed by atoms with van der Waals surface area (Å²) >= 11 is 0. The maximum Gasteiger partial charge on any atom is 0.336 e. The van der Waals surface area contributed by atoms with E-state index in [1.54, 1.807) is 92.7 Å². The standard InChI is InChI=1S/C54H76N5O10P/c1-12-20-41(38-28-26-36(27-29-38)35-70(66,68-52(6,7)8)69-53(9,10)11)42(32-46(61)67-51(3,4)5)47(62)59-54(30-17-14-18-31-54)50(65)58-44(33-45(55)60)49(64)57-43(21-13-2)48(63)56-34-39-24-19-23-37-22-15-16-25-40(37)39/h12-13,15-16,19,22-29,41-44H,1-2,14,17-18,20-21,30-35H2,3-11H3,(H2,55,60)(H,56,63)(H,57,64)(H,58,65)(H,59,62)/t41-,42+,43+,44+/m1/s1. The molecule has 4 rings (SSSR count). The number of benzene rings is 3. The van der Waals surface area contributed by atoms with E-state index in [2.05, 4.69) is 34.4 Å². The topological polar surface area (TPSA) is 221 Å². The van der Waals surface area contributed by atoms with Crippen LogP contribution in [0.4, 0.5) is 0 Å². The minimum atomic E-state index is -3.66.